The topological polar surface area (TPSA) is 80.8 Å². The van der Waals surface area contributed by atoms with Crippen molar-refractivity contribution < 1.29 is 9.53 Å². The molecule has 0 fully saturated rings. The van der Waals surface area contributed by atoms with Gasteiger partial charge in [-0.2, -0.15) is 0 Å². The van der Waals surface area contributed by atoms with Gasteiger partial charge in [-0.1, -0.05) is 39.8 Å². The minimum Gasteiger partial charge on any atom is -0.465 e. The van der Waals surface area contributed by atoms with Crippen molar-refractivity contribution in [3.05, 3.63) is 53.6 Å². The van der Waals surface area contributed by atoms with Crippen LogP contribution in [0.1, 0.15) is 62.3 Å². The molecule has 4 rings (SSSR count). The van der Waals surface area contributed by atoms with Gasteiger partial charge in [0.15, 0.2) is 0 Å². The molecule has 3 aromatic rings. The molecule has 6 nitrogen and oxygen atoms in total. The molecule has 0 unspecified atom stereocenters. The van der Waals surface area contributed by atoms with Gasteiger partial charge in [0.1, 0.15) is 11.5 Å². The Morgan fingerprint density at radius 2 is 1.62 bits per heavy atom. The molecule has 1 aliphatic carbocycles. The van der Waals surface area contributed by atoms with Crippen LogP contribution in [-0.2, 0) is 15.6 Å². The van der Waals surface area contributed by atoms with Gasteiger partial charge in [0.25, 0.3) is 0 Å². The highest BCUT2D eigenvalue weighted by molar-refractivity contribution is 5.89. The van der Waals surface area contributed by atoms with E-state index >= 15 is 0 Å². The zero-order chi connectivity index (χ0) is 20.8. The molecule has 0 bridgehead atoms. The van der Waals surface area contributed by atoms with Gasteiger partial charge in [-0.25, -0.2) is 14.8 Å². The lowest BCUT2D eigenvalue weighted by atomic mass is 9.67. The SMILES string of the molecule is COC(=O)c1ccc(-c2ncc(-c3cnc4c(n3)C(C)(C)CCC4(C)C)[nH]2)cc1. The van der Waals surface area contributed by atoms with Crippen LogP contribution >= 0.6 is 0 Å². The molecule has 1 aromatic carbocycles. The highest BCUT2D eigenvalue weighted by atomic mass is 16.5. The predicted molar refractivity (Wildman–Crippen MR) is 112 cm³/mol. The van der Waals surface area contributed by atoms with Crippen molar-refractivity contribution in [3.63, 3.8) is 0 Å². The van der Waals surface area contributed by atoms with Crippen LogP contribution in [-0.4, -0.2) is 33.0 Å². The van der Waals surface area contributed by atoms with Crippen molar-refractivity contribution in [2.45, 2.75) is 51.4 Å². The summed E-state index contributed by atoms with van der Waals surface area (Å²) in [5.41, 5.74) is 5.22. The van der Waals surface area contributed by atoms with E-state index in [1.165, 1.54) is 7.11 Å². The van der Waals surface area contributed by atoms with E-state index in [9.17, 15) is 4.79 Å². The number of H-pyrrole nitrogens is 1. The van der Waals surface area contributed by atoms with Crippen LogP contribution in [0, 0.1) is 0 Å². The number of fused-ring (bicyclic) bond motifs is 1. The number of imidazole rings is 1. The third-order valence-electron chi connectivity index (χ3n) is 5.86. The van der Waals surface area contributed by atoms with Crippen molar-refractivity contribution in [2.75, 3.05) is 7.11 Å². The molecule has 0 atom stereocenters. The van der Waals surface area contributed by atoms with Gasteiger partial charge in [0.2, 0.25) is 0 Å². The lowest BCUT2D eigenvalue weighted by molar-refractivity contribution is 0.0600. The molecular formula is C23H26N4O2. The van der Waals surface area contributed by atoms with E-state index in [1.807, 2.05) is 18.3 Å². The van der Waals surface area contributed by atoms with Crippen molar-refractivity contribution in [1.82, 2.24) is 19.9 Å². The van der Waals surface area contributed by atoms with E-state index in [1.54, 1.807) is 18.3 Å². The Morgan fingerprint density at radius 3 is 2.28 bits per heavy atom. The fourth-order valence-corrected chi connectivity index (χ4v) is 3.83. The van der Waals surface area contributed by atoms with E-state index in [-0.39, 0.29) is 16.8 Å². The Hall–Kier alpha value is -3.02. The Morgan fingerprint density at radius 1 is 0.966 bits per heavy atom. The molecule has 2 aromatic heterocycles. The number of hydrogen-bond acceptors (Lipinski definition) is 5. The predicted octanol–water partition coefficient (Wildman–Crippen LogP) is 4.67. The standard InChI is InChI=1S/C23H26N4O2/c1-22(2)10-11-23(3,4)19-18(22)24-12-16(26-19)17-13-25-20(27-17)14-6-8-15(9-7-14)21(28)29-5/h6-9,12-13H,10-11H2,1-5H3,(H,25,27). The first-order chi connectivity index (χ1) is 13.7. The van der Waals surface area contributed by atoms with Gasteiger partial charge in [-0.3, -0.25) is 4.98 Å². The number of hydrogen-bond donors (Lipinski definition) is 1. The smallest absolute Gasteiger partial charge is 0.337 e. The summed E-state index contributed by atoms with van der Waals surface area (Å²) in [5, 5.41) is 0. The van der Waals surface area contributed by atoms with E-state index in [0.29, 0.717) is 5.56 Å². The third-order valence-corrected chi connectivity index (χ3v) is 5.86. The maximum atomic E-state index is 11.6. The monoisotopic (exact) mass is 390 g/mol. The minimum atomic E-state index is -0.355. The van der Waals surface area contributed by atoms with Crippen molar-refractivity contribution >= 4 is 5.97 Å². The van der Waals surface area contributed by atoms with Crippen molar-refractivity contribution in [1.29, 1.82) is 0 Å². The van der Waals surface area contributed by atoms with Gasteiger partial charge in [0, 0.05) is 16.4 Å². The molecule has 0 radical (unpaired) electrons. The molecule has 1 N–H and O–H groups in total. The molecule has 150 valence electrons. The number of nitrogens with one attached hydrogen (secondary N) is 1. The first-order valence-corrected chi connectivity index (χ1v) is 9.83. The molecule has 0 aliphatic heterocycles. The average molecular weight is 390 g/mol. The summed E-state index contributed by atoms with van der Waals surface area (Å²) >= 11 is 0. The lowest BCUT2D eigenvalue weighted by Gasteiger charge is -2.39. The molecule has 1 aliphatic rings. The summed E-state index contributed by atoms with van der Waals surface area (Å²) in [5.74, 6) is 0.363. The number of nitrogens with zero attached hydrogens (tertiary/aromatic N) is 3. The largest absolute Gasteiger partial charge is 0.465 e. The molecule has 2 heterocycles. The fourth-order valence-electron chi connectivity index (χ4n) is 3.83. The molecule has 0 spiro atoms. The first-order valence-electron chi connectivity index (χ1n) is 9.83. The summed E-state index contributed by atoms with van der Waals surface area (Å²) in [6.45, 7) is 8.95. The van der Waals surface area contributed by atoms with Crippen molar-refractivity contribution in [3.8, 4) is 22.8 Å². The van der Waals surface area contributed by atoms with Crippen LogP contribution in [0.25, 0.3) is 22.8 Å². The highest BCUT2D eigenvalue weighted by Crippen LogP contribution is 2.44. The van der Waals surface area contributed by atoms with Gasteiger partial charge in [-0.05, 0) is 25.0 Å². The molecular weight excluding hydrogens is 364 g/mol. The summed E-state index contributed by atoms with van der Waals surface area (Å²) in [6, 6.07) is 7.15. The number of esters is 1. The third kappa shape index (κ3) is 3.43. The first kappa shape index (κ1) is 19.3. The number of carbonyl (C=O) groups excluding carboxylic acids is 1. The van der Waals surface area contributed by atoms with Crippen LogP contribution in [0.5, 0.6) is 0 Å². The Bertz CT molecular complexity index is 1060. The average Bonchev–Trinajstić information content (AvgIpc) is 3.21. The zero-order valence-corrected chi connectivity index (χ0v) is 17.5. The molecule has 29 heavy (non-hydrogen) atoms. The van der Waals surface area contributed by atoms with Crippen LogP contribution in [0.3, 0.4) is 0 Å². The summed E-state index contributed by atoms with van der Waals surface area (Å²) < 4.78 is 4.74. The molecule has 0 amide bonds. The summed E-state index contributed by atoms with van der Waals surface area (Å²) in [7, 11) is 1.37. The molecule has 0 saturated heterocycles. The van der Waals surface area contributed by atoms with Gasteiger partial charge in [-0.15, -0.1) is 0 Å². The van der Waals surface area contributed by atoms with Crippen LogP contribution in [0.15, 0.2) is 36.7 Å². The second kappa shape index (κ2) is 6.79. The van der Waals surface area contributed by atoms with Crippen LogP contribution in [0.4, 0.5) is 0 Å². The number of methoxy groups -OCH3 is 1. The van der Waals surface area contributed by atoms with Gasteiger partial charge >= 0.3 is 5.97 Å². The van der Waals surface area contributed by atoms with Crippen molar-refractivity contribution in [2.24, 2.45) is 0 Å². The second-order valence-electron chi connectivity index (χ2n) is 8.93. The van der Waals surface area contributed by atoms with E-state index < -0.39 is 0 Å². The number of carbonyl (C=O) groups is 1. The highest BCUT2D eigenvalue weighted by Gasteiger charge is 2.39. The van der Waals surface area contributed by atoms with Crippen LogP contribution in [0.2, 0.25) is 0 Å². The summed E-state index contributed by atoms with van der Waals surface area (Å²) in [6.07, 6.45) is 5.81. The van der Waals surface area contributed by atoms with Gasteiger partial charge in [0.05, 0.1) is 42.1 Å². The number of ether oxygens (including phenoxy) is 1. The van der Waals surface area contributed by atoms with E-state index in [2.05, 4.69) is 37.7 Å². The Kier molecular flexibility index (Phi) is 4.52. The Labute approximate surface area is 170 Å². The number of benzene rings is 1. The Balaban J connectivity index is 1.68. The number of aromatic amines is 1. The van der Waals surface area contributed by atoms with E-state index in [0.717, 1.165) is 47.0 Å². The maximum absolute atomic E-state index is 11.6. The minimum absolute atomic E-state index is 0.000428. The zero-order valence-electron chi connectivity index (χ0n) is 17.5. The normalized spacial score (nSPS) is 16.9. The number of aromatic nitrogens is 4. The quantitative estimate of drug-likeness (QED) is 0.657. The molecule has 0 saturated carbocycles. The maximum Gasteiger partial charge on any atom is 0.337 e. The lowest BCUT2D eigenvalue weighted by Crippen LogP contribution is -2.36. The van der Waals surface area contributed by atoms with E-state index in [4.69, 9.17) is 14.7 Å². The summed E-state index contributed by atoms with van der Waals surface area (Å²) in [4.78, 5) is 29.2. The van der Waals surface area contributed by atoms with Crippen LogP contribution < -0.4 is 0 Å². The number of rotatable bonds is 3. The second-order valence-corrected chi connectivity index (χ2v) is 8.93. The van der Waals surface area contributed by atoms with Gasteiger partial charge < -0.3 is 9.72 Å². The fraction of sp³-hybridized carbons (Fsp3) is 0.391. The molecule has 6 heteroatoms.